The average Bonchev–Trinajstić information content (AvgIpc) is 3.05. The number of nitrogens with one attached hydrogen (secondary N) is 3. The molecule has 5 heteroatoms. The van der Waals surface area contributed by atoms with E-state index in [-0.39, 0.29) is 18.0 Å². The molecule has 0 aromatic heterocycles. The van der Waals surface area contributed by atoms with Crippen LogP contribution in [-0.2, 0) is 11.2 Å². The Morgan fingerprint density at radius 2 is 2.04 bits per heavy atom. The highest BCUT2D eigenvalue weighted by Crippen LogP contribution is 2.28. The quantitative estimate of drug-likeness (QED) is 0.782. The molecule has 0 bridgehead atoms. The summed E-state index contributed by atoms with van der Waals surface area (Å²) in [6, 6.07) is 15.9. The maximum Gasteiger partial charge on any atom is 0.238 e. The third kappa shape index (κ3) is 4.15. The van der Waals surface area contributed by atoms with Crippen molar-refractivity contribution in [1.82, 2.24) is 16.2 Å². The van der Waals surface area contributed by atoms with Gasteiger partial charge in [0.2, 0.25) is 5.91 Å². The van der Waals surface area contributed by atoms with Crippen molar-refractivity contribution in [2.45, 2.75) is 31.8 Å². The number of hydrogen-bond acceptors (Lipinski definition) is 3. The van der Waals surface area contributed by atoms with Gasteiger partial charge in [0.1, 0.15) is 6.04 Å². The van der Waals surface area contributed by atoms with Gasteiger partial charge in [0.05, 0.1) is 0 Å². The lowest BCUT2D eigenvalue weighted by molar-refractivity contribution is -0.122. The molecule has 0 saturated carbocycles. The molecule has 3 rings (SSSR count). The molecule has 0 spiro atoms. The van der Waals surface area contributed by atoms with Crippen LogP contribution in [0.5, 0.6) is 0 Å². The van der Waals surface area contributed by atoms with Crippen molar-refractivity contribution in [2.75, 3.05) is 6.54 Å². The van der Waals surface area contributed by atoms with Gasteiger partial charge in [-0.05, 0) is 37.0 Å². The van der Waals surface area contributed by atoms with E-state index in [9.17, 15) is 4.79 Å². The van der Waals surface area contributed by atoms with Crippen LogP contribution >= 0.6 is 11.6 Å². The molecule has 3 N–H and O–H groups in total. The molecular weight excluding hydrogens is 322 g/mol. The maximum atomic E-state index is 12.3. The zero-order valence-electron chi connectivity index (χ0n) is 13.7. The number of halogens is 1. The molecular formula is C19H22ClN3O. The van der Waals surface area contributed by atoms with Crippen molar-refractivity contribution in [3.05, 3.63) is 70.2 Å². The predicted octanol–water partition coefficient (Wildman–Crippen LogP) is 2.91. The van der Waals surface area contributed by atoms with Crippen LogP contribution in [0, 0.1) is 6.92 Å². The smallest absolute Gasteiger partial charge is 0.238 e. The number of rotatable bonds is 5. The van der Waals surface area contributed by atoms with Crippen molar-refractivity contribution in [2.24, 2.45) is 0 Å². The summed E-state index contributed by atoms with van der Waals surface area (Å²) in [5, 5.41) is 3.72. The molecule has 0 radical (unpaired) electrons. The van der Waals surface area contributed by atoms with Gasteiger partial charge in [-0.25, -0.2) is 10.9 Å². The van der Waals surface area contributed by atoms with Crippen LogP contribution in [0.3, 0.4) is 0 Å². The standard InChI is InChI=1S/C19H22ClN3O/c1-13-5-4-6-14(11-13)9-10-21-19(24)18-12-17(22-23-18)15-7-2-3-8-16(15)20/h2-8,11,17-18,22-23H,9-10,12H2,1H3,(H,21,24). The zero-order chi connectivity index (χ0) is 16.9. The van der Waals surface area contributed by atoms with Crippen LogP contribution in [0.15, 0.2) is 48.5 Å². The fourth-order valence-electron chi connectivity index (χ4n) is 3.01. The largest absolute Gasteiger partial charge is 0.354 e. The summed E-state index contributed by atoms with van der Waals surface area (Å²) in [6.07, 6.45) is 1.52. The monoisotopic (exact) mass is 343 g/mol. The molecule has 0 aliphatic carbocycles. The molecule has 2 unspecified atom stereocenters. The molecule has 2 aromatic rings. The van der Waals surface area contributed by atoms with E-state index in [1.165, 1.54) is 11.1 Å². The number of benzene rings is 2. The van der Waals surface area contributed by atoms with Crippen LogP contribution < -0.4 is 16.2 Å². The highest BCUT2D eigenvalue weighted by Gasteiger charge is 2.30. The average molecular weight is 344 g/mol. The highest BCUT2D eigenvalue weighted by atomic mass is 35.5. The molecule has 2 atom stereocenters. The summed E-state index contributed by atoms with van der Waals surface area (Å²) in [5.74, 6) is 0.0182. The van der Waals surface area contributed by atoms with Gasteiger partial charge in [0.25, 0.3) is 0 Å². The van der Waals surface area contributed by atoms with Crippen molar-refractivity contribution >= 4 is 17.5 Å². The van der Waals surface area contributed by atoms with Crippen LogP contribution in [0.2, 0.25) is 5.02 Å². The first-order valence-corrected chi connectivity index (χ1v) is 8.60. The van der Waals surface area contributed by atoms with E-state index in [4.69, 9.17) is 11.6 Å². The maximum absolute atomic E-state index is 12.3. The Bertz CT molecular complexity index is 719. The van der Waals surface area contributed by atoms with Crippen LogP contribution in [0.25, 0.3) is 0 Å². The first-order chi connectivity index (χ1) is 11.6. The summed E-state index contributed by atoms with van der Waals surface area (Å²) in [6.45, 7) is 2.71. The van der Waals surface area contributed by atoms with Gasteiger partial charge in [-0.2, -0.15) is 0 Å². The molecule has 1 aliphatic heterocycles. The Hall–Kier alpha value is -1.88. The van der Waals surface area contributed by atoms with Gasteiger partial charge in [0.15, 0.2) is 0 Å². The van der Waals surface area contributed by atoms with E-state index in [0.29, 0.717) is 13.0 Å². The molecule has 1 amide bonds. The topological polar surface area (TPSA) is 53.2 Å². The number of carbonyl (C=O) groups is 1. The number of amides is 1. The normalized spacial score (nSPS) is 20.1. The zero-order valence-corrected chi connectivity index (χ0v) is 14.4. The molecule has 1 fully saturated rings. The summed E-state index contributed by atoms with van der Waals surface area (Å²) in [4.78, 5) is 12.3. The molecule has 24 heavy (non-hydrogen) atoms. The molecule has 2 aromatic carbocycles. The minimum atomic E-state index is -0.246. The number of aryl methyl sites for hydroxylation is 1. The molecule has 1 aliphatic rings. The Morgan fingerprint density at radius 1 is 1.21 bits per heavy atom. The molecule has 1 heterocycles. The second-order valence-corrected chi connectivity index (χ2v) is 6.59. The fourth-order valence-corrected chi connectivity index (χ4v) is 3.28. The number of carbonyl (C=O) groups excluding carboxylic acids is 1. The van der Waals surface area contributed by atoms with Gasteiger partial charge in [-0.3, -0.25) is 4.79 Å². The highest BCUT2D eigenvalue weighted by molar-refractivity contribution is 6.31. The van der Waals surface area contributed by atoms with Crippen molar-refractivity contribution < 1.29 is 4.79 Å². The lowest BCUT2D eigenvalue weighted by Gasteiger charge is -2.12. The second kappa shape index (κ2) is 7.79. The van der Waals surface area contributed by atoms with Gasteiger partial charge in [0, 0.05) is 17.6 Å². The number of hydrogen-bond donors (Lipinski definition) is 3. The summed E-state index contributed by atoms with van der Waals surface area (Å²) in [7, 11) is 0. The van der Waals surface area contributed by atoms with E-state index in [1.807, 2.05) is 30.3 Å². The molecule has 126 valence electrons. The minimum absolute atomic E-state index is 0.0182. The van der Waals surface area contributed by atoms with Crippen LogP contribution in [-0.4, -0.2) is 18.5 Å². The summed E-state index contributed by atoms with van der Waals surface area (Å²) < 4.78 is 0. The van der Waals surface area contributed by atoms with Crippen molar-refractivity contribution in [1.29, 1.82) is 0 Å². The first-order valence-electron chi connectivity index (χ1n) is 8.22. The SMILES string of the molecule is Cc1cccc(CCNC(=O)C2CC(c3ccccc3Cl)NN2)c1. The summed E-state index contributed by atoms with van der Waals surface area (Å²) in [5.41, 5.74) is 9.73. The third-order valence-corrected chi connectivity index (χ3v) is 4.64. The van der Waals surface area contributed by atoms with Crippen LogP contribution in [0.1, 0.15) is 29.2 Å². The van der Waals surface area contributed by atoms with E-state index in [2.05, 4.69) is 41.3 Å². The Balaban J connectivity index is 1.49. The summed E-state index contributed by atoms with van der Waals surface area (Å²) >= 11 is 6.23. The van der Waals surface area contributed by atoms with E-state index >= 15 is 0 Å². The van der Waals surface area contributed by atoms with Gasteiger partial charge in [-0.1, -0.05) is 59.6 Å². The van der Waals surface area contributed by atoms with Gasteiger partial charge < -0.3 is 5.32 Å². The second-order valence-electron chi connectivity index (χ2n) is 6.18. The van der Waals surface area contributed by atoms with Crippen LogP contribution in [0.4, 0.5) is 0 Å². The third-order valence-electron chi connectivity index (χ3n) is 4.30. The van der Waals surface area contributed by atoms with E-state index < -0.39 is 0 Å². The van der Waals surface area contributed by atoms with Crippen molar-refractivity contribution in [3.63, 3.8) is 0 Å². The number of hydrazine groups is 1. The van der Waals surface area contributed by atoms with E-state index in [0.717, 1.165) is 17.0 Å². The first kappa shape index (κ1) is 17.0. The lowest BCUT2D eigenvalue weighted by atomic mass is 10.0. The van der Waals surface area contributed by atoms with Gasteiger partial charge in [-0.15, -0.1) is 0 Å². The fraction of sp³-hybridized carbons (Fsp3) is 0.316. The minimum Gasteiger partial charge on any atom is -0.354 e. The van der Waals surface area contributed by atoms with E-state index in [1.54, 1.807) is 0 Å². The predicted molar refractivity (Wildman–Crippen MR) is 96.8 cm³/mol. The van der Waals surface area contributed by atoms with Crippen molar-refractivity contribution in [3.8, 4) is 0 Å². The molecule has 4 nitrogen and oxygen atoms in total. The lowest BCUT2D eigenvalue weighted by Crippen LogP contribution is -2.43. The Kier molecular flexibility index (Phi) is 5.51. The Morgan fingerprint density at radius 3 is 2.83 bits per heavy atom. The molecule has 1 saturated heterocycles. The van der Waals surface area contributed by atoms with Gasteiger partial charge >= 0.3 is 0 Å². The Labute approximate surface area is 147 Å².